The summed E-state index contributed by atoms with van der Waals surface area (Å²) in [6.45, 7) is 9.33. The standard InChI is InChI=1S/C22H34N2O6/c1-7-15(2)23(21(29)24(17(4)26)22(5,6)20(27)28)13-19(30-14-16(3)25)18-11-9-8-10-12-18/h8-12,15-16,19,25H,7,13-14H2,1-6H3,(H,27,28)/t15?,16-,19+/m1/s1. The Balaban J connectivity index is 3.32. The maximum absolute atomic E-state index is 13.4. The number of ether oxygens (including phenoxy) is 1. The van der Waals surface area contributed by atoms with Crippen LogP contribution in [0.2, 0.25) is 0 Å². The summed E-state index contributed by atoms with van der Waals surface area (Å²) >= 11 is 0. The van der Waals surface area contributed by atoms with Crippen LogP contribution in [-0.2, 0) is 14.3 Å². The SMILES string of the molecule is CCC(C)N(C[C@H](OC[C@@H](C)O)c1ccccc1)C(=O)N(C(C)=O)C(C)(C)C(=O)O. The third kappa shape index (κ3) is 6.53. The van der Waals surface area contributed by atoms with Crippen molar-refractivity contribution in [2.24, 2.45) is 0 Å². The van der Waals surface area contributed by atoms with E-state index in [0.29, 0.717) is 6.42 Å². The van der Waals surface area contributed by atoms with E-state index < -0.39 is 35.7 Å². The first-order valence-corrected chi connectivity index (χ1v) is 10.1. The van der Waals surface area contributed by atoms with Crippen LogP contribution in [0.4, 0.5) is 4.79 Å². The fraction of sp³-hybridized carbons (Fsp3) is 0.591. The van der Waals surface area contributed by atoms with Crippen LogP contribution in [0.3, 0.4) is 0 Å². The smallest absolute Gasteiger partial charge is 0.329 e. The quantitative estimate of drug-likeness (QED) is 0.600. The van der Waals surface area contributed by atoms with Crippen LogP contribution in [-0.4, -0.2) is 68.8 Å². The van der Waals surface area contributed by atoms with Gasteiger partial charge in [-0.05, 0) is 39.7 Å². The van der Waals surface area contributed by atoms with Crippen molar-refractivity contribution in [2.75, 3.05) is 13.2 Å². The Morgan fingerprint density at radius 3 is 2.13 bits per heavy atom. The highest BCUT2D eigenvalue weighted by molar-refractivity contribution is 5.99. The Labute approximate surface area is 178 Å². The second kappa shape index (κ2) is 11.1. The van der Waals surface area contributed by atoms with E-state index in [1.807, 2.05) is 44.2 Å². The fourth-order valence-electron chi connectivity index (χ4n) is 3.01. The van der Waals surface area contributed by atoms with Crippen molar-refractivity contribution in [1.82, 2.24) is 9.80 Å². The Kier molecular flexibility index (Phi) is 9.45. The predicted molar refractivity (Wildman–Crippen MR) is 113 cm³/mol. The summed E-state index contributed by atoms with van der Waals surface area (Å²) in [6.07, 6.45) is -0.646. The molecular weight excluding hydrogens is 388 g/mol. The number of aliphatic hydroxyl groups is 1. The maximum Gasteiger partial charge on any atom is 0.329 e. The van der Waals surface area contributed by atoms with Crippen molar-refractivity contribution in [2.45, 2.75) is 71.8 Å². The van der Waals surface area contributed by atoms with E-state index in [-0.39, 0.29) is 19.2 Å². The van der Waals surface area contributed by atoms with Crippen molar-refractivity contribution in [3.05, 3.63) is 35.9 Å². The fourth-order valence-corrected chi connectivity index (χ4v) is 3.01. The molecule has 3 amide bonds. The highest BCUT2D eigenvalue weighted by Gasteiger charge is 2.43. The molecule has 0 aliphatic rings. The number of carbonyl (C=O) groups excluding carboxylic acids is 2. The van der Waals surface area contributed by atoms with Gasteiger partial charge < -0.3 is 19.8 Å². The summed E-state index contributed by atoms with van der Waals surface area (Å²) in [5.41, 5.74) is -0.900. The molecule has 1 aromatic carbocycles. The summed E-state index contributed by atoms with van der Waals surface area (Å²) in [4.78, 5) is 39.7. The number of amides is 3. The number of carbonyl (C=O) groups is 3. The summed E-state index contributed by atoms with van der Waals surface area (Å²) in [6, 6.07) is 8.31. The lowest BCUT2D eigenvalue weighted by Gasteiger charge is -2.40. The Bertz CT molecular complexity index is 720. The predicted octanol–water partition coefficient (Wildman–Crippen LogP) is 3.06. The molecule has 0 heterocycles. The number of hydrogen-bond acceptors (Lipinski definition) is 5. The molecule has 0 spiro atoms. The largest absolute Gasteiger partial charge is 0.480 e. The van der Waals surface area contributed by atoms with Crippen LogP contribution < -0.4 is 0 Å². The van der Waals surface area contributed by atoms with Gasteiger partial charge in [0.1, 0.15) is 11.6 Å². The number of rotatable bonds is 10. The molecule has 1 unspecified atom stereocenters. The third-order valence-corrected chi connectivity index (χ3v) is 5.03. The molecule has 0 fully saturated rings. The molecule has 8 heteroatoms. The highest BCUT2D eigenvalue weighted by atomic mass is 16.5. The molecule has 0 saturated heterocycles. The molecule has 0 aromatic heterocycles. The molecule has 0 bridgehead atoms. The van der Waals surface area contributed by atoms with Crippen LogP contribution in [0.15, 0.2) is 30.3 Å². The number of aliphatic hydroxyl groups excluding tert-OH is 1. The number of hydrogen-bond donors (Lipinski definition) is 2. The first-order valence-electron chi connectivity index (χ1n) is 10.1. The lowest BCUT2D eigenvalue weighted by Crippen LogP contribution is -2.60. The Morgan fingerprint density at radius 1 is 1.13 bits per heavy atom. The second-order valence-electron chi connectivity index (χ2n) is 7.99. The zero-order valence-electron chi connectivity index (χ0n) is 18.7. The van der Waals surface area contributed by atoms with Gasteiger partial charge in [-0.25, -0.2) is 14.5 Å². The van der Waals surface area contributed by atoms with Gasteiger partial charge in [-0.15, -0.1) is 0 Å². The molecule has 0 aliphatic heterocycles. The van der Waals surface area contributed by atoms with E-state index >= 15 is 0 Å². The van der Waals surface area contributed by atoms with Crippen LogP contribution in [0.5, 0.6) is 0 Å². The minimum Gasteiger partial charge on any atom is -0.480 e. The number of benzene rings is 1. The molecule has 2 N–H and O–H groups in total. The summed E-state index contributed by atoms with van der Waals surface area (Å²) in [7, 11) is 0. The molecule has 8 nitrogen and oxygen atoms in total. The van der Waals surface area contributed by atoms with Crippen molar-refractivity contribution in [3.8, 4) is 0 Å². The van der Waals surface area contributed by atoms with Gasteiger partial charge in [-0.3, -0.25) is 4.79 Å². The van der Waals surface area contributed by atoms with Gasteiger partial charge in [0.15, 0.2) is 0 Å². The van der Waals surface area contributed by atoms with Crippen molar-refractivity contribution in [1.29, 1.82) is 0 Å². The molecular formula is C22H34N2O6. The molecule has 0 aliphatic carbocycles. The zero-order valence-corrected chi connectivity index (χ0v) is 18.7. The molecule has 168 valence electrons. The minimum atomic E-state index is -1.71. The van der Waals surface area contributed by atoms with E-state index in [9.17, 15) is 24.6 Å². The number of carboxylic acid groups (broad SMARTS) is 1. The first-order chi connectivity index (χ1) is 13.9. The van der Waals surface area contributed by atoms with E-state index in [2.05, 4.69) is 0 Å². The average molecular weight is 423 g/mol. The Hall–Kier alpha value is -2.45. The van der Waals surface area contributed by atoms with E-state index in [1.54, 1.807) is 6.92 Å². The van der Waals surface area contributed by atoms with Gasteiger partial charge in [0.25, 0.3) is 0 Å². The average Bonchev–Trinajstić information content (AvgIpc) is 2.67. The van der Waals surface area contributed by atoms with Gasteiger partial charge in [0.2, 0.25) is 5.91 Å². The molecule has 1 rings (SSSR count). The number of aliphatic carboxylic acids is 1. The number of urea groups is 1. The van der Waals surface area contributed by atoms with Gasteiger partial charge in [0.05, 0.1) is 19.3 Å². The highest BCUT2D eigenvalue weighted by Crippen LogP contribution is 2.25. The molecule has 30 heavy (non-hydrogen) atoms. The lowest BCUT2D eigenvalue weighted by atomic mass is 10.0. The minimum absolute atomic E-state index is 0.0686. The topological polar surface area (TPSA) is 107 Å². The van der Waals surface area contributed by atoms with Crippen molar-refractivity contribution >= 4 is 17.9 Å². The van der Waals surface area contributed by atoms with E-state index in [1.165, 1.54) is 25.7 Å². The van der Waals surface area contributed by atoms with E-state index in [4.69, 9.17) is 4.74 Å². The zero-order chi connectivity index (χ0) is 23.1. The Morgan fingerprint density at radius 2 is 1.70 bits per heavy atom. The summed E-state index contributed by atoms with van der Waals surface area (Å²) in [5.74, 6) is -1.93. The molecule has 1 aromatic rings. The van der Waals surface area contributed by atoms with Gasteiger partial charge in [0, 0.05) is 13.0 Å². The van der Waals surface area contributed by atoms with Crippen molar-refractivity contribution in [3.63, 3.8) is 0 Å². The third-order valence-electron chi connectivity index (χ3n) is 5.03. The van der Waals surface area contributed by atoms with Crippen LogP contribution >= 0.6 is 0 Å². The van der Waals surface area contributed by atoms with E-state index in [0.717, 1.165) is 10.5 Å². The number of carboxylic acids is 1. The molecule has 0 saturated carbocycles. The number of nitrogens with zero attached hydrogens (tertiary/aromatic N) is 2. The van der Waals surface area contributed by atoms with Crippen LogP contribution in [0, 0.1) is 0 Å². The second-order valence-corrected chi connectivity index (χ2v) is 7.99. The van der Waals surface area contributed by atoms with Crippen LogP contribution in [0.25, 0.3) is 0 Å². The first kappa shape index (κ1) is 25.6. The van der Waals surface area contributed by atoms with Gasteiger partial charge >= 0.3 is 12.0 Å². The van der Waals surface area contributed by atoms with Gasteiger partial charge in [-0.2, -0.15) is 0 Å². The summed E-state index contributed by atoms with van der Waals surface area (Å²) in [5, 5.41) is 19.2. The normalized spacial score (nSPS) is 14.5. The van der Waals surface area contributed by atoms with Crippen LogP contribution in [0.1, 0.15) is 59.6 Å². The number of imide groups is 1. The summed E-state index contributed by atoms with van der Waals surface area (Å²) < 4.78 is 5.87. The maximum atomic E-state index is 13.4. The lowest BCUT2D eigenvalue weighted by molar-refractivity contribution is -0.153. The molecule has 3 atom stereocenters. The monoisotopic (exact) mass is 422 g/mol. The van der Waals surface area contributed by atoms with Crippen molar-refractivity contribution < 1.29 is 29.3 Å². The molecule has 0 radical (unpaired) electrons. The van der Waals surface area contributed by atoms with Gasteiger partial charge in [-0.1, -0.05) is 37.3 Å².